The summed E-state index contributed by atoms with van der Waals surface area (Å²) in [6, 6.07) is 8.77. The molecule has 0 bridgehead atoms. The number of carbonyl (C=O) groups is 2. The molecule has 25 heavy (non-hydrogen) atoms. The van der Waals surface area contributed by atoms with Crippen molar-refractivity contribution in [2.24, 2.45) is 5.73 Å². The van der Waals surface area contributed by atoms with Crippen molar-refractivity contribution in [3.63, 3.8) is 0 Å². The average molecular weight is 342 g/mol. The zero-order valence-electron chi connectivity index (χ0n) is 13.5. The molecule has 1 aromatic carbocycles. The molecular weight excluding hydrogens is 323 g/mol. The van der Waals surface area contributed by atoms with Gasteiger partial charge >= 0.3 is 0 Å². The molecule has 7 heteroatoms. The second-order valence-corrected chi connectivity index (χ2v) is 6.08. The minimum absolute atomic E-state index is 0.0119. The molecule has 130 valence electrons. The fourth-order valence-electron chi connectivity index (χ4n) is 2.86. The van der Waals surface area contributed by atoms with Crippen molar-refractivity contribution in [1.29, 1.82) is 0 Å². The SMILES string of the molecule is N[C@@H](CC(=O)N[C@@H]1Cc2cccnc2NC1=O)Cc1ccccc1F. The molecule has 1 aromatic heterocycles. The van der Waals surface area contributed by atoms with Gasteiger partial charge in [-0.05, 0) is 29.7 Å². The fourth-order valence-corrected chi connectivity index (χ4v) is 2.86. The molecule has 2 amide bonds. The van der Waals surface area contributed by atoms with E-state index >= 15 is 0 Å². The Balaban J connectivity index is 1.56. The molecule has 3 rings (SSSR count). The van der Waals surface area contributed by atoms with E-state index < -0.39 is 12.1 Å². The summed E-state index contributed by atoms with van der Waals surface area (Å²) in [5.41, 5.74) is 7.29. The number of rotatable bonds is 5. The lowest BCUT2D eigenvalue weighted by molar-refractivity contribution is -0.126. The highest BCUT2D eigenvalue weighted by Crippen LogP contribution is 2.19. The first-order valence-corrected chi connectivity index (χ1v) is 8.06. The molecular formula is C18H19FN4O2. The molecule has 2 atom stereocenters. The summed E-state index contributed by atoms with van der Waals surface area (Å²) >= 11 is 0. The Morgan fingerprint density at radius 3 is 2.96 bits per heavy atom. The van der Waals surface area contributed by atoms with E-state index in [4.69, 9.17) is 5.73 Å². The summed E-state index contributed by atoms with van der Waals surface area (Å²) in [6.07, 6.45) is 2.24. The molecule has 1 aliphatic heterocycles. The van der Waals surface area contributed by atoms with Gasteiger partial charge in [0.2, 0.25) is 11.8 Å². The van der Waals surface area contributed by atoms with Gasteiger partial charge in [0.25, 0.3) is 0 Å². The van der Waals surface area contributed by atoms with Crippen LogP contribution in [-0.4, -0.2) is 28.9 Å². The Kier molecular flexibility index (Phi) is 5.04. The lowest BCUT2D eigenvalue weighted by Gasteiger charge is -2.25. The molecule has 4 N–H and O–H groups in total. The summed E-state index contributed by atoms with van der Waals surface area (Å²) in [7, 11) is 0. The molecule has 1 aliphatic rings. The van der Waals surface area contributed by atoms with Crippen molar-refractivity contribution < 1.29 is 14.0 Å². The topological polar surface area (TPSA) is 97.1 Å². The summed E-state index contributed by atoms with van der Waals surface area (Å²) in [5.74, 6) is -0.457. The standard InChI is InChI=1S/C18H19FN4O2/c19-14-6-2-1-4-11(14)8-13(20)10-16(24)22-15-9-12-5-3-7-21-17(12)23-18(15)25/h1-7,13,15H,8-10,20H2,(H,22,24)(H,21,23,25)/t13-,15-/m1/s1. The second kappa shape index (κ2) is 7.40. The predicted molar refractivity (Wildman–Crippen MR) is 91.2 cm³/mol. The van der Waals surface area contributed by atoms with Crippen LogP contribution in [-0.2, 0) is 22.4 Å². The molecule has 2 heterocycles. The zero-order valence-corrected chi connectivity index (χ0v) is 13.5. The first-order chi connectivity index (χ1) is 12.0. The monoisotopic (exact) mass is 342 g/mol. The highest BCUT2D eigenvalue weighted by atomic mass is 19.1. The number of amides is 2. The highest BCUT2D eigenvalue weighted by molar-refractivity contribution is 5.99. The molecule has 0 aliphatic carbocycles. The van der Waals surface area contributed by atoms with Gasteiger partial charge in [-0.15, -0.1) is 0 Å². The van der Waals surface area contributed by atoms with Crippen LogP contribution in [0.3, 0.4) is 0 Å². The second-order valence-electron chi connectivity index (χ2n) is 6.08. The molecule has 0 spiro atoms. The maximum absolute atomic E-state index is 13.6. The van der Waals surface area contributed by atoms with Gasteiger partial charge in [-0.1, -0.05) is 24.3 Å². The van der Waals surface area contributed by atoms with E-state index in [1.807, 2.05) is 6.07 Å². The van der Waals surface area contributed by atoms with Crippen LogP contribution < -0.4 is 16.4 Å². The number of aromatic nitrogens is 1. The maximum atomic E-state index is 13.6. The van der Waals surface area contributed by atoms with Crippen molar-refractivity contribution in [2.45, 2.75) is 31.3 Å². The fraction of sp³-hybridized carbons (Fsp3) is 0.278. The van der Waals surface area contributed by atoms with Gasteiger partial charge in [0.15, 0.2) is 0 Å². The third kappa shape index (κ3) is 4.19. The van der Waals surface area contributed by atoms with Gasteiger partial charge in [0, 0.05) is 25.1 Å². The number of benzene rings is 1. The molecule has 0 unspecified atom stereocenters. The number of nitrogens with zero attached hydrogens (tertiary/aromatic N) is 1. The van der Waals surface area contributed by atoms with Gasteiger partial charge in [0.1, 0.15) is 17.7 Å². The minimum atomic E-state index is -0.662. The van der Waals surface area contributed by atoms with Crippen molar-refractivity contribution in [3.05, 3.63) is 59.5 Å². The van der Waals surface area contributed by atoms with Crippen LogP contribution in [0, 0.1) is 5.82 Å². The number of halogens is 1. The number of nitrogens with two attached hydrogens (primary N) is 1. The van der Waals surface area contributed by atoms with Crippen LogP contribution in [0.4, 0.5) is 10.2 Å². The molecule has 0 saturated carbocycles. The normalized spacial score (nSPS) is 17.4. The molecule has 6 nitrogen and oxygen atoms in total. The zero-order chi connectivity index (χ0) is 17.8. The van der Waals surface area contributed by atoms with E-state index in [9.17, 15) is 14.0 Å². The van der Waals surface area contributed by atoms with E-state index in [2.05, 4.69) is 15.6 Å². The third-order valence-corrected chi connectivity index (χ3v) is 4.10. The summed E-state index contributed by atoms with van der Waals surface area (Å²) in [6.45, 7) is 0. The molecule has 0 saturated heterocycles. The van der Waals surface area contributed by atoms with Crippen molar-refractivity contribution in [2.75, 3.05) is 5.32 Å². The Bertz CT molecular complexity index is 796. The number of anilines is 1. The third-order valence-electron chi connectivity index (χ3n) is 4.10. The van der Waals surface area contributed by atoms with Crippen LogP contribution in [0.25, 0.3) is 0 Å². The average Bonchev–Trinajstić information content (AvgIpc) is 2.57. The van der Waals surface area contributed by atoms with Crippen LogP contribution in [0.15, 0.2) is 42.6 Å². The van der Waals surface area contributed by atoms with E-state index in [0.29, 0.717) is 17.8 Å². The molecule has 2 aromatic rings. The number of nitrogens with one attached hydrogen (secondary N) is 2. The van der Waals surface area contributed by atoms with E-state index in [1.54, 1.807) is 30.5 Å². The predicted octanol–water partition coefficient (Wildman–Crippen LogP) is 1.16. The summed E-state index contributed by atoms with van der Waals surface area (Å²) in [4.78, 5) is 28.3. The Morgan fingerprint density at radius 2 is 2.16 bits per heavy atom. The number of carbonyl (C=O) groups excluding carboxylic acids is 2. The number of pyridine rings is 1. The number of hydrogen-bond donors (Lipinski definition) is 3. The molecule has 0 radical (unpaired) electrons. The van der Waals surface area contributed by atoms with E-state index in [-0.39, 0.29) is 30.5 Å². The van der Waals surface area contributed by atoms with E-state index in [1.165, 1.54) is 6.07 Å². The van der Waals surface area contributed by atoms with Gasteiger partial charge in [-0.2, -0.15) is 0 Å². The smallest absolute Gasteiger partial charge is 0.248 e. The van der Waals surface area contributed by atoms with Gasteiger partial charge in [0.05, 0.1) is 0 Å². The quantitative estimate of drug-likeness (QED) is 0.759. The maximum Gasteiger partial charge on any atom is 0.248 e. The van der Waals surface area contributed by atoms with Crippen molar-refractivity contribution in [3.8, 4) is 0 Å². The Morgan fingerprint density at radius 1 is 1.36 bits per heavy atom. The number of hydrogen-bond acceptors (Lipinski definition) is 4. The number of fused-ring (bicyclic) bond motifs is 1. The van der Waals surface area contributed by atoms with Crippen LogP contribution in [0.5, 0.6) is 0 Å². The first kappa shape index (κ1) is 17.0. The summed E-state index contributed by atoms with van der Waals surface area (Å²) < 4.78 is 13.6. The van der Waals surface area contributed by atoms with Gasteiger partial charge in [-0.3, -0.25) is 9.59 Å². The van der Waals surface area contributed by atoms with Crippen LogP contribution in [0.2, 0.25) is 0 Å². The largest absolute Gasteiger partial charge is 0.344 e. The van der Waals surface area contributed by atoms with Crippen molar-refractivity contribution >= 4 is 17.6 Å². The van der Waals surface area contributed by atoms with E-state index in [0.717, 1.165) is 5.56 Å². The minimum Gasteiger partial charge on any atom is -0.344 e. The highest BCUT2D eigenvalue weighted by Gasteiger charge is 2.28. The van der Waals surface area contributed by atoms with Crippen LogP contribution in [0.1, 0.15) is 17.5 Å². The Hall–Kier alpha value is -2.80. The first-order valence-electron chi connectivity index (χ1n) is 8.06. The van der Waals surface area contributed by atoms with Crippen LogP contribution >= 0.6 is 0 Å². The summed E-state index contributed by atoms with van der Waals surface area (Å²) in [5, 5.41) is 5.36. The van der Waals surface area contributed by atoms with Gasteiger partial charge in [-0.25, -0.2) is 9.37 Å². The Labute approximate surface area is 144 Å². The lowest BCUT2D eigenvalue weighted by Crippen LogP contribution is -2.49. The van der Waals surface area contributed by atoms with Gasteiger partial charge < -0.3 is 16.4 Å². The van der Waals surface area contributed by atoms with Crippen molar-refractivity contribution in [1.82, 2.24) is 10.3 Å². The lowest BCUT2D eigenvalue weighted by atomic mass is 10.0. The molecule has 0 fully saturated rings.